The Morgan fingerprint density at radius 2 is 1.34 bits per heavy atom. The quantitative estimate of drug-likeness (QED) is 0.270. The molecule has 0 aliphatic heterocycles. The molecule has 0 amide bonds. The highest BCUT2D eigenvalue weighted by Gasteiger charge is 2.16. The summed E-state index contributed by atoms with van der Waals surface area (Å²) in [5.74, 6) is 0.934. The molecule has 0 aliphatic carbocycles. The van der Waals surface area contributed by atoms with E-state index < -0.39 is 0 Å². The largest absolute Gasteiger partial charge is 0.455 e. The molecule has 0 saturated carbocycles. The van der Waals surface area contributed by atoms with Crippen molar-refractivity contribution in [1.29, 1.82) is 0 Å². The van der Waals surface area contributed by atoms with E-state index in [1.807, 2.05) is 18.2 Å². The lowest BCUT2D eigenvalue weighted by Gasteiger charge is -2.11. The zero-order chi connectivity index (χ0) is 23.4. The first-order chi connectivity index (χ1) is 17.3. The third-order valence-electron chi connectivity index (χ3n) is 6.71. The molecule has 2 heterocycles. The Hall–Kier alpha value is -4.63. The molecule has 0 aliphatic rings. The van der Waals surface area contributed by atoms with Gasteiger partial charge in [0.25, 0.3) is 0 Å². The molecule has 0 bridgehead atoms. The molecule has 2 aromatic heterocycles. The first kappa shape index (κ1) is 19.8. The summed E-state index contributed by atoms with van der Waals surface area (Å²) >= 11 is 0. The molecule has 3 nitrogen and oxygen atoms in total. The Kier molecular flexibility index (Phi) is 4.36. The summed E-state index contributed by atoms with van der Waals surface area (Å²) in [4.78, 5) is 5.01. The monoisotopic (exact) mass is 450 g/mol. The summed E-state index contributed by atoms with van der Waals surface area (Å²) in [6.45, 7) is 2.11. The number of rotatable bonds is 3. The van der Waals surface area contributed by atoms with Crippen LogP contribution in [0.5, 0.6) is 0 Å². The predicted octanol–water partition coefficient (Wildman–Crippen LogP) is 8.57. The van der Waals surface area contributed by atoms with Gasteiger partial charge in [0, 0.05) is 27.6 Å². The van der Waals surface area contributed by atoms with Gasteiger partial charge >= 0.3 is 0 Å². The number of furan rings is 1. The molecular weight excluding hydrogens is 428 g/mol. The van der Waals surface area contributed by atoms with Crippen molar-refractivity contribution in [1.82, 2.24) is 9.55 Å². The minimum absolute atomic E-state index is 0.915. The standard InChI is InChI=1S/C32H22N2O/c1-21-13-19-24(20-14-21)34-29-11-4-3-10-28(29)33-32(34)23-17-15-22(16-18-23)25-8-6-9-27-26-7-2-5-12-30(26)35-31(25)27/h2-20H,1H3. The molecule has 0 N–H and O–H groups in total. The SMILES string of the molecule is Cc1ccc(-n2c(-c3ccc(-c4cccc5c4oc4ccccc45)cc3)nc3ccccc32)cc1. The summed E-state index contributed by atoms with van der Waals surface area (Å²) in [6.07, 6.45) is 0. The van der Waals surface area contributed by atoms with Crippen LogP contribution in [0.3, 0.4) is 0 Å². The van der Waals surface area contributed by atoms with E-state index in [-0.39, 0.29) is 0 Å². The molecule has 0 saturated heterocycles. The number of benzene rings is 5. The van der Waals surface area contributed by atoms with Gasteiger partial charge in [-0.1, -0.05) is 90.5 Å². The molecule has 0 unspecified atom stereocenters. The van der Waals surface area contributed by atoms with Gasteiger partial charge in [0.15, 0.2) is 0 Å². The van der Waals surface area contributed by atoms with Crippen LogP contribution in [-0.4, -0.2) is 9.55 Å². The zero-order valence-corrected chi connectivity index (χ0v) is 19.3. The topological polar surface area (TPSA) is 31.0 Å². The molecule has 0 atom stereocenters. The Balaban J connectivity index is 1.37. The minimum Gasteiger partial charge on any atom is -0.455 e. The van der Waals surface area contributed by atoms with Crippen molar-refractivity contribution >= 4 is 33.0 Å². The number of aryl methyl sites for hydroxylation is 1. The van der Waals surface area contributed by atoms with Gasteiger partial charge in [-0.25, -0.2) is 4.98 Å². The number of nitrogens with zero attached hydrogens (tertiary/aromatic N) is 2. The number of hydrogen-bond acceptors (Lipinski definition) is 2. The average Bonchev–Trinajstić information content (AvgIpc) is 3.48. The second-order valence-corrected chi connectivity index (χ2v) is 8.95. The van der Waals surface area contributed by atoms with Gasteiger partial charge in [-0.15, -0.1) is 0 Å². The third kappa shape index (κ3) is 3.17. The van der Waals surface area contributed by atoms with Crippen LogP contribution in [0.1, 0.15) is 5.56 Å². The van der Waals surface area contributed by atoms with Crippen LogP contribution in [0.15, 0.2) is 120 Å². The van der Waals surface area contributed by atoms with E-state index in [1.54, 1.807) is 0 Å². The van der Waals surface area contributed by atoms with Crippen molar-refractivity contribution in [2.24, 2.45) is 0 Å². The van der Waals surface area contributed by atoms with E-state index in [0.717, 1.165) is 61.2 Å². The van der Waals surface area contributed by atoms with Gasteiger partial charge in [-0.05, 0) is 42.8 Å². The minimum atomic E-state index is 0.915. The number of fused-ring (bicyclic) bond motifs is 4. The fourth-order valence-corrected chi connectivity index (χ4v) is 4.95. The summed E-state index contributed by atoms with van der Waals surface area (Å²) < 4.78 is 8.50. The maximum absolute atomic E-state index is 6.26. The maximum Gasteiger partial charge on any atom is 0.145 e. The van der Waals surface area contributed by atoms with Crippen LogP contribution in [-0.2, 0) is 0 Å². The highest BCUT2D eigenvalue weighted by molar-refractivity contribution is 6.09. The highest BCUT2D eigenvalue weighted by atomic mass is 16.3. The van der Waals surface area contributed by atoms with E-state index in [1.165, 1.54) is 5.56 Å². The molecule has 5 aromatic carbocycles. The first-order valence-corrected chi connectivity index (χ1v) is 11.8. The van der Waals surface area contributed by atoms with Crippen molar-refractivity contribution in [3.63, 3.8) is 0 Å². The molecule has 0 fully saturated rings. The van der Waals surface area contributed by atoms with Crippen LogP contribution >= 0.6 is 0 Å². The first-order valence-electron chi connectivity index (χ1n) is 11.8. The molecule has 7 rings (SSSR count). The van der Waals surface area contributed by atoms with Crippen molar-refractivity contribution < 1.29 is 4.42 Å². The van der Waals surface area contributed by atoms with Crippen LogP contribution in [0.4, 0.5) is 0 Å². The van der Waals surface area contributed by atoms with E-state index in [2.05, 4.69) is 109 Å². The van der Waals surface area contributed by atoms with Crippen molar-refractivity contribution in [2.75, 3.05) is 0 Å². The summed E-state index contributed by atoms with van der Waals surface area (Å²) in [6, 6.07) is 40.1. The Labute approximate surface area is 202 Å². The van der Waals surface area contributed by atoms with Gasteiger partial charge in [-0.2, -0.15) is 0 Å². The fourth-order valence-electron chi connectivity index (χ4n) is 4.95. The second kappa shape index (κ2) is 7.71. The molecule has 166 valence electrons. The summed E-state index contributed by atoms with van der Waals surface area (Å²) in [7, 11) is 0. The number of imidazole rings is 1. The van der Waals surface area contributed by atoms with E-state index in [9.17, 15) is 0 Å². The average molecular weight is 451 g/mol. The zero-order valence-electron chi connectivity index (χ0n) is 19.3. The van der Waals surface area contributed by atoms with Gasteiger partial charge in [0.2, 0.25) is 0 Å². The fraction of sp³-hybridized carbons (Fsp3) is 0.0312. The number of aromatic nitrogens is 2. The van der Waals surface area contributed by atoms with Crippen LogP contribution in [0.2, 0.25) is 0 Å². The lowest BCUT2D eigenvalue weighted by molar-refractivity contribution is 0.670. The molecule has 0 radical (unpaired) electrons. The van der Waals surface area contributed by atoms with Gasteiger partial charge in [-0.3, -0.25) is 4.57 Å². The lowest BCUT2D eigenvalue weighted by atomic mass is 10.0. The predicted molar refractivity (Wildman–Crippen MR) is 144 cm³/mol. The smallest absolute Gasteiger partial charge is 0.145 e. The van der Waals surface area contributed by atoms with Gasteiger partial charge < -0.3 is 4.42 Å². The van der Waals surface area contributed by atoms with Gasteiger partial charge in [0.1, 0.15) is 17.0 Å². The lowest BCUT2D eigenvalue weighted by Crippen LogP contribution is -1.97. The highest BCUT2D eigenvalue weighted by Crippen LogP contribution is 2.36. The van der Waals surface area contributed by atoms with Crippen LogP contribution in [0, 0.1) is 6.92 Å². The third-order valence-corrected chi connectivity index (χ3v) is 6.71. The van der Waals surface area contributed by atoms with E-state index in [0.29, 0.717) is 0 Å². The Bertz CT molecular complexity index is 1840. The Morgan fingerprint density at radius 3 is 2.20 bits per heavy atom. The Morgan fingerprint density at radius 1 is 0.629 bits per heavy atom. The van der Waals surface area contributed by atoms with Crippen LogP contribution < -0.4 is 0 Å². The van der Waals surface area contributed by atoms with Crippen molar-refractivity contribution in [3.05, 3.63) is 121 Å². The van der Waals surface area contributed by atoms with Gasteiger partial charge in [0.05, 0.1) is 11.0 Å². The number of para-hydroxylation sites is 4. The van der Waals surface area contributed by atoms with Crippen molar-refractivity contribution in [3.8, 4) is 28.2 Å². The molecule has 35 heavy (non-hydrogen) atoms. The summed E-state index contributed by atoms with van der Waals surface area (Å²) in [5.41, 5.74) is 9.56. The molecule has 3 heteroatoms. The number of hydrogen-bond donors (Lipinski definition) is 0. The molecule has 7 aromatic rings. The maximum atomic E-state index is 6.26. The van der Waals surface area contributed by atoms with E-state index in [4.69, 9.17) is 9.40 Å². The summed E-state index contributed by atoms with van der Waals surface area (Å²) in [5, 5.41) is 2.29. The van der Waals surface area contributed by atoms with E-state index >= 15 is 0 Å². The second-order valence-electron chi connectivity index (χ2n) is 8.95. The van der Waals surface area contributed by atoms with Crippen molar-refractivity contribution in [2.45, 2.75) is 6.92 Å². The van der Waals surface area contributed by atoms with Crippen LogP contribution in [0.25, 0.3) is 61.2 Å². The molecular formula is C32H22N2O. The normalized spacial score (nSPS) is 11.6. The molecule has 0 spiro atoms.